The topological polar surface area (TPSA) is 90.0 Å². The third-order valence-electron chi connectivity index (χ3n) is 6.93. The monoisotopic (exact) mass is 492 g/mol. The Bertz CT molecular complexity index is 1590. The number of carbonyl (C=O) groups excluding carboxylic acids is 4. The van der Waals surface area contributed by atoms with E-state index >= 15 is 0 Å². The highest BCUT2D eigenvalue weighted by Gasteiger charge is 2.45. The van der Waals surface area contributed by atoms with Crippen molar-refractivity contribution in [3.63, 3.8) is 0 Å². The number of nitrogens with zero attached hydrogens (tertiary/aromatic N) is 3. The molecular weight excluding hydrogens is 468 g/mol. The number of hydrogen-bond acceptors (Lipinski definition) is 6. The number of hydrogen-bond donors (Lipinski definition) is 1. The van der Waals surface area contributed by atoms with E-state index < -0.39 is 23.6 Å². The van der Waals surface area contributed by atoms with Crippen molar-refractivity contribution in [2.24, 2.45) is 0 Å². The van der Waals surface area contributed by atoms with E-state index in [1.165, 1.54) is 0 Å². The van der Waals surface area contributed by atoms with Gasteiger partial charge in [0, 0.05) is 28.4 Å². The summed E-state index contributed by atoms with van der Waals surface area (Å²) >= 11 is 0. The quantitative estimate of drug-likeness (QED) is 0.321. The molecule has 4 amide bonds. The van der Waals surface area contributed by atoms with Gasteiger partial charge >= 0.3 is 0 Å². The standard InChI is InChI=1S/C29H24N4O4/c1-31(2)16-6-15-30-23-14-13-22-25-18(23)9-5-12-21(25)28(36)33(29(22)37)32-26(34)19-10-3-7-17-8-4-11-20(24(17)19)27(32)35/h3-5,7-14,30H,6,15-16H2,1-2H3. The zero-order valence-electron chi connectivity index (χ0n) is 20.4. The van der Waals surface area contributed by atoms with Gasteiger partial charge in [0.1, 0.15) is 0 Å². The van der Waals surface area contributed by atoms with Gasteiger partial charge in [-0.3, -0.25) is 19.2 Å². The van der Waals surface area contributed by atoms with Gasteiger partial charge in [-0.05, 0) is 62.8 Å². The Morgan fingerprint density at radius 2 is 1.16 bits per heavy atom. The minimum atomic E-state index is -0.707. The van der Waals surface area contributed by atoms with Crippen LogP contribution in [-0.2, 0) is 0 Å². The van der Waals surface area contributed by atoms with Crippen LogP contribution in [-0.4, -0.2) is 65.7 Å². The van der Waals surface area contributed by atoms with E-state index in [0.29, 0.717) is 20.8 Å². The molecule has 6 rings (SSSR count). The predicted octanol–water partition coefficient (Wildman–Crippen LogP) is 4.16. The zero-order valence-corrected chi connectivity index (χ0v) is 20.4. The molecule has 0 unspecified atom stereocenters. The van der Waals surface area contributed by atoms with Crippen LogP contribution in [0.25, 0.3) is 21.5 Å². The van der Waals surface area contributed by atoms with Crippen molar-refractivity contribution >= 4 is 50.9 Å². The lowest BCUT2D eigenvalue weighted by molar-refractivity contribution is 0.00212. The fraction of sp³-hybridized carbons (Fsp3) is 0.172. The Kier molecular flexibility index (Phi) is 5.27. The van der Waals surface area contributed by atoms with Gasteiger partial charge in [0.25, 0.3) is 23.6 Å². The van der Waals surface area contributed by atoms with Crippen LogP contribution in [0, 0.1) is 0 Å². The van der Waals surface area contributed by atoms with Crippen LogP contribution in [0.3, 0.4) is 0 Å². The first kappa shape index (κ1) is 22.9. The smallest absolute Gasteiger partial charge is 0.281 e. The normalized spacial score (nSPS) is 14.9. The van der Waals surface area contributed by atoms with Crippen molar-refractivity contribution in [1.29, 1.82) is 0 Å². The van der Waals surface area contributed by atoms with Crippen molar-refractivity contribution in [3.05, 3.63) is 89.0 Å². The molecule has 37 heavy (non-hydrogen) atoms. The van der Waals surface area contributed by atoms with E-state index in [1.54, 1.807) is 48.5 Å². The van der Waals surface area contributed by atoms with Crippen LogP contribution in [0.1, 0.15) is 47.9 Å². The summed E-state index contributed by atoms with van der Waals surface area (Å²) in [6, 6.07) is 19.0. The SMILES string of the molecule is CN(C)CCCNc1ccc2c3c(cccc13)C(=O)N(N1C(=O)c3cccc4cccc(c34)C1=O)C2=O. The van der Waals surface area contributed by atoms with E-state index in [-0.39, 0.29) is 22.3 Å². The molecule has 0 aliphatic carbocycles. The van der Waals surface area contributed by atoms with Crippen LogP contribution in [0.15, 0.2) is 66.7 Å². The maximum atomic E-state index is 13.7. The van der Waals surface area contributed by atoms with Crippen LogP contribution in [0.4, 0.5) is 5.69 Å². The highest BCUT2D eigenvalue weighted by Crippen LogP contribution is 2.37. The van der Waals surface area contributed by atoms with Crippen molar-refractivity contribution in [2.45, 2.75) is 6.42 Å². The Labute approximate surface area is 213 Å². The second-order valence-corrected chi connectivity index (χ2v) is 9.53. The second-order valence-electron chi connectivity index (χ2n) is 9.53. The molecule has 0 bridgehead atoms. The molecule has 2 aliphatic heterocycles. The molecule has 8 heteroatoms. The second kappa shape index (κ2) is 8.53. The molecule has 0 saturated carbocycles. The molecule has 0 spiro atoms. The maximum absolute atomic E-state index is 13.7. The number of imide groups is 2. The largest absolute Gasteiger partial charge is 0.384 e. The molecule has 0 fully saturated rings. The van der Waals surface area contributed by atoms with Gasteiger partial charge in [-0.2, -0.15) is 10.0 Å². The number of amides is 4. The minimum absolute atomic E-state index is 0.265. The summed E-state index contributed by atoms with van der Waals surface area (Å²) in [5.41, 5.74) is 1.90. The van der Waals surface area contributed by atoms with E-state index in [0.717, 1.165) is 36.0 Å². The summed E-state index contributed by atoms with van der Waals surface area (Å²) in [7, 11) is 4.03. The Hall–Kier alpha value is -4.56. The molecule has 4 aromatic carbocycles. The van der Waals surface area contributed by atoms with Gasteiger partial charge in [-0.25, -0.2) is 0 Å². The lowest BCUT2D eigenvalue weighted by Gasteiger charge is -2.36. The van der Waals surface area contributed by atoms with Crippen molar-refractivity contribution in [1.82, 2.24) is 14.9 Å². The van der Waals surface area contributed by atoms with Crippen LogP contribution < -0.4 is 5.32 Å². The van der Waals surface area contributed by atoms with Crippen LogP contribution in [0.2, 0.25) is 0 Å². The first-order valence-corrected chi connectivity index (χ1v) is 12.1. The highest BCUT2D eigenvalue weighted by molar-refractivity contribution is 6.31. The Morgan fingerprint density at radius 1 is 0.649 bits per heavy atom. The molecule has 2 aliphatic rings. The molecule has 4 aromatic rings. The van der Waals surface area contributed by atoms with Crippen LogP contribution >= 0.6 is 0 Å². The van der Waals surface area contributed by atoms with E-state index in [9.17, 15) is 19.2 Å². The number of nitrogens with one attached hydrogen (secondary N) is 1. The summed E-state index contributed by atoms with van der Waals surface area (Å²) < 4.78 is 0. The summed E-state index contributed by atoms with van der Waals surface area (Å²) in [6.45, 7) is 1.65. The van der Waals surface area contributed by atoms with Crippen molar-refractivity contribution in [2.75, 3.05) is 32.5 Å². The summed E-state index contributed by atoms with van der Waals surface area (Å²) in [5.74, 6) is -2.82. The average Bonchev–Trinajstić information content (AvgIpc) is 2.90. The summed E-state index contributed by atoms with van der Waals surface area (Å²) in [4.78, 5) is 56.7. The first-order valence-electron chi connectivity index (χ1n) is 12.1. The minimum Gasteiger partial charge on any atom is -0.384 e. The first-order chi connectivity index (χ1) is 17.9. The van der Waals surface area contributed by atoms with Gasteiger partial charge in [-0.1, -0.05) is 36.4 Å². The van der Waals surface area contributed by atoms with Gasteiger partial charge in [0.05, 0.1) is 22.3 Å². The number of carbonyl (C=O) groups is 4. The average molecular weight is 493 g/mol. The number of hydrazine groups is 1. The molecule has 2 heterocycles. The van der Waals surface area contributed by atoms with Gasteiger partial charge in [0.2, 0.25) is 0 Å². The Morgan fingerprint density at radius 3 is 1.73 bits per heavy atom. The third-order valence-corrected chi connectivity index (χ3v) is 6.93. The lowest BCUT2D eigenvalue weighted by atomic mass is 9.92. The Balaban J connectivity index is 1.42. The molecule has 8 nitrogen and oxygen atoms in total. The van der Waals surface area contributed by atoms with Crippen LogP contribution in [0.5, 0.6) is 0 Å². The lowest BCUT2D eigenvalue weighted by Crippen LogP contribution is -2.58. The highest BCUT2D eigenvalue weighted by atomic mass is 16.2. The van der Waals surface area contributed by atoms with E-state index in [2.05, 4.69) is 10.2 Å². The molecule has 184 valence electrons. The number of anilines is 1. The van der Waals surface area contributed by atoms with E-state index in [1.807, 2.05) is 32.3 Å². The third kappa shape index (κ3) is 3.41. The number of benzene rings is 4. The molecule has 1 N–H and O–H groups in total. The summed E-state index contributed by atoms with van der Waals surface area (Å²) in [6.07, 6.45) is 0.926. The molecular formula is C29H24N4O4. The molecule has 0 atom stereocenters. The maximum Gasteiger partial charge on any atom is 0.281 e. The molecule has 0 saturated heterocycles. The molecule has 0 aromatic heterocycles. The predicted molar refractivity (Wildman–Crippen MR) is 141 cm³/mol. The fourth-order valence-corrected chi connectivity index (χ4v) is 5.24. The van der Waals surface area contributed by atoms with Crippen molar-refractivity contribution < 1.29 is 19.2 Å². The van der Waals surface area contributed by atoms with Gasteiger partial charge in [0.15, 0.2) is 0 Å². The van der Waals surface area contributed by atoms with Gasteiger partial charge < -0.3 is 10.2 Å². The fourth-order valence-electron chi connectivity index (χ4n) is 5.24. The number of rotatable bonds is 6. The van der Waals surface area contributed by atoms with Crippen molar-refractivity contribution in [3.8, 4) is 0 Å². The summed E-state index contributed by atoms with van der Waals surface area (Å²) in [5, 5.41) is 7.33. The zero-order chi connectivity index (χ0) is 25.8. The van der Waals surface area contributed by atoms with Gasteiger partial charge in [-0.15, -0.1) is 0 Å². The molecule has 0 radical (unpaired) electrons. The van der Waals surface area contributed by atoms with E-state index in [4.69, 9.17) is 0 Å².